The average Bonchev–Trinajstić information content (AvgIpc) is 2.85. The second kappa shape index (κ2) is 9.29. The van der Waals surface area contributed by atoms with Crippen molar-refractivity contribution in [1.29, 1.82) is 0 Å². The van der Waals surface area contributed by atoms with Gasteiger partial charge in [-0.1, -0.05) is 29.8 Å². The van der Waals surface area contributed by atoms with E-state index in [1.54, 1.807) is 23.2 Å². The minimum absolute atomic E-state index is 0.128. The normalized spacial score (nSPS) is 14.5. The molecule has 0 atom stereocenters. The molecule has 7 nitrogen and oxygen atoms in total. The van der Waals surface area contributed by atoms with E-state index >= 15 is 0 Å². The Morgan fingerprint density at radius 3 is 2.70 bits per heavy atom. The SMILES string of the molecule is CCn1c(=O)c(-c2ccc(-c3cccnc3)cc2Cl)cc2cnc(NC3CCOCC3)nc21. The van der Waals surface area contributed by atoms with Crippen molar-refractivity contribution >= 4 is 28.6 Å². The molecular formula is C25H24ClN5O2. The first-order valence-corrected chi connectivity index (χ1v) is 11.5. The van der Waals surface area contributed by atoms with E-state index in [1.807, 2.05) is 43.3 Å². The zero-order chi connectivity index (χ0) is 22.8. The Morgan fingerprint density at radius 1 is 1.12 bits per heavy atom. The van der Waals surface area contributed by atoms with Gasteiger partial charge in [0, 0.05) is 71.5 Å². The van der Waals surface area contributed by atoms with E-state index in [-0.39, 0.29) is 11.6 Å². The Kier molecular flexibility index (Phi) is 6.07. The maximum atomic E-state index is 13.4. The highest BCUT2D eigenvalue weighted by Crippen LogP contribution is 2.32. The third-order valence-electron chi connectivity index (χ3n) is 5.95. The summed E-state index contributed by atoms with van der Waals surface area (Å²) >= 11 is 6.65. The van der Waals surface area contributed by atoms with Gasteiger partial charge in [-0.3, -0.25) is 14.3 Å². The number of hydrogen-bond donors (Lipinski definition) is 1. The molecule has 0 radical (unpaired) electrons. The van der Waals surface area contributed by atoms with Crippen molar-refractivity contribution in [2.75, 3.05) is 18.5 Å². The van der Waals surface area contributed by atoms with Crippen LogP contribution in [0.2, 0.25) is 5.02 Å². The van der Waals surface area contributed by atoms with Gasteiger partial charge in [0.15, 0.2) is 0 Å². The van der Waals surface area contributed by atoms with Crippen LogP contribution in [-0.2, 0) is 11.3 Å². The first-order valence-electron chi connectivity index (χ1n) is 11.1. The first-order chi connectivity index (χ1) is 16.1. The van der Waals surface area contributed by atoms with Gasteiger partial charge in [0.2, 0.25) is 5.95 Å². The summed E-state index contributed by atoms with van der Waals surface area (Å²) in [7, 11) is 0. The van der Waals surface area contributed by atoms with E-state index in [0.717, 1.165) is 42.6 Å². The van der Waals surface area contributed by atoms with E-state index in [4.69, 9.17) is 16.3 Å². The average molecular weight is 462 g/mol. The van der Waals surface area contributed by atoms with Crippen LogP contribution in [0.3, 0.4) is 0 Å². The summed E-state index contributed by atoms with van der Waals surface area (Å²) in [6.45, 7) is 3.89. The fourth-order valence-electron chi connectivity index (χ4n) is 4.19. The second-order valence-corrected chi connectivity index (χ2v) is 8.45. The van der Waals surface area contributed by atoms with Crippen LogP contribution in [0.25, 0.3) is 33.3 Å². The number of benzene rings is 1. The molecule has 0 saturated carbocycles. The number of hydrogen-bond acceptors (Lipinski definition) is 6. The molecular weight excluding hydrogens is 438 g/mol. The number of aromatic nitrogens is 4. The zero-order valence-electron chi connectivity index (χ0n) is 18.3. The van der Waals surface area contributed by atoms with E-state index in [0.29, 0.717) is 34.3 Å². The van der Waals surface area contributed by atoms with E-state index in [2.05, 4.69) is 20.3 Å². The summed E-state index contributed by atoms with van der Waals surface area (Å²) in [5.41, 5.74) is 3.60. The molecule has 1 aliphatic rings. The number of fused-ring (bicyclic) bond motifs is 1. The van der Waals surface area contributed by atoms with Crippen LogP contribution in [0.15, 0.2) is 59.8 Å². The Balaban J connectivity index is 1.54. The molecule has 168 valence electrons. The quantitative estimate of drug-likeness (QED) is 0.460. The van der Waals surface area contributed by atoms with Crippen LogP contribution in [0, 0.1) is 0 Å². The van der Waals surface area contributed by atoms with Crippen molar-refractivity contribution < 1.29 is 4.74 Å². The van der Waals surface area contributed by atoms with Crippen LogP contribution in [0.5, 0.6) is 0 Å². The molecule has 1 saturated heterocycles. The van der Waals surface area contributed by atoms with Crippen molar-refractivity contribution in [3.63, 3.8) is 0 Å². The predicted octanol–water partition coefficient (Wildman–Crippen LogP) is 4.78. The molecule has 33 heavy (non-hydrogen) atoms. The summed E-state index contributed by atoms with van der Waals surface area (Å²) in [6, 6.07) is 11.7. The summed E-state index contributed by atoms with van der Waals surface area (Å²) in [4.78, 5) is 26.8. The lowest BCUT2D eigenvalue weighted by Crippen LogP contribution is -2.29. The van der Waals surface area contributed by atoms with Crippen molar-refractivity contribution in [2.24, 2.45) is 0 Å². The maximum Gasteiger partial charge on any atom is 0.260 e. The van der Waals surface area contributed by atoms with Crippen molar-refractivity contribution in [3.05, 3.63) is 70.4 Å². The van der Waals surface area contributed by atoms with Crippen LogP contribution < -0.4 is 10.9 Å². The zero-order valence-corrected chi connectivity index (χ0v) is 19.0. The van der Waals surface area contributed by atoms with Gasteiger partial charge < -0.3 is 10.1 Å². The highest BCUT2D eigenvalue weighted by atomic mass is 35.5. The highest BCUT2D eigenvalue weighted by molar-refractivity contribution is 6.33. The number of aryl methyl sites for hydroxylation is 1. The molecule has 0 amide bonds. The van der Waals surface area contributed by atoms with Crippen LogP contribution >= 0.6 is 11.6 Å². The van der Waals surface area contributed by atoms with E-state index < -0.39 is 0 Å². The molecule has 5 rings (SSSR count). The maximum absolute atomic E-state index is 13.4. The van der Waals surface area contributed by atoms with Crippen LogP contribution in [0.1, 0.15) is 19.8 Å². The van der Waals surface area contributed by atoms with Gasteiger partial charge in [0.05, 0.1) is 0 Å². The molecule has 1 aliphatic heterocycles. The number of rotatable bonds is 5. The van der Waals surface area contributed by atoms with Crippen molar-refractivity contribution in [1.82, 2.24) is 19.5 Å². The van der Waals surface area contributed by atoms with E-state index in [9.17, 15) is 4.79 Å². The highest BCUT2D eigenvalue weighted by Gasteiger charge is 2.18. The molecule has 3 aromatic heterocycles. The van der Waals surface area contributed by atoms with Crippen molar-refractivity contribution in [2.45, 2.75) is 32.4 Å². The summed E-state index contributed by atoms with van der Waals surface area (Å²) < 4.78 is 7.09. The first kappa shape index (κ1) is 21.6. The smallest absolute Gasteiger partial charge is 0.260 e. The lowest BCUT2D eigenvalue weighted by molar-refractivity contribution is 0.0903. The number of pyridine rings is 2. The van der Waals surface area contributed by atoms with Gasteiger partial charge in [-0.05, 0) is 43.5 Å². The topological polar surface area (TPSA) is 81.9 Å². The summed E-state index contributed by atoms with van der Waals surface area (Å²) in [6.07, 6.45) is 7.10. The predicted molar refractivity (Wildman–Crippen MR) is 131 cm³/mol. The monoisotopic (exact) mass is 461 g/mol. The lowest BCUT2D eigenvalue weighted by atomic mass is 10.0. The van der Waals surface area contributed by atoms with Crippen LogP contribution in [-0.4, -0.2) is 38.8 Å². The summed E-state index contributed by atoms with van der Waals surface area (Å²) in [5.74, 6) is 0.530. The van der Waals surface area contributed by atoms with Gasteiger partial charge in [0.25, 0.3) is 5.56 Å². The third kappa shape index (κ3) is 4.34. The summed E-state index contributed by atoms with van der Waals surface area (Å²) in [5, 5.41) is 4.67. The lowest BCUT2D eigenvalue weighted by Gasteiger charge is -2.23. The number of anilines is 1. The van der Waals surface area contributed by atoms with Gasteiger partial charge in [-0.25, -0.2) is 4.98 Å². The number of nitrogens with one attached hydrogen (secondary N) is 1. The molecule has 0 unspecified atom stereocenters. The standard InChI is InChI=1S/C25H24ClN5O2/c1-2-31-23-18(15-28-25(30-23)29-19-7-10-33-11-8-19)12-21(24(31)32)20-6-5-16(13-22(20)26)17-4-3-9-27-14-17/h3-6,9,12-15,19H,2,7-8,10-11H2,1H3,(H,28,29,30). The Hall–Kier alpha value is -3.29. The minimum Gasteiger partial charge on any atom is -0.381 e. The fraction of sp³-hybridized carbons (Fsp3) is 0.280. The minimum atomic E-state index is -0.128. The largest absolute Gasteiger partial charge is 0.381 e. The third-order valence-corrected chi connectivity index (χ3v) is 6.26. The number of nitrogens with zero attached hydrogens (tertiary/aromatic N) is 4. The number of ether oxygens (including phenoxy) is 1. The molecule has 4 aromatic rings. The molecule has 1 N–H and O–H groups in total. The Morgan fingerprint density at radius 2 is 1.97 bits per heavy atom. The fourth-order valence-corrected chi connectivity index (χ4v) is 4.47. The van der Waals surface area contributed by atoms with E-state index in [1.165, 1.54) is 0 Å². The number of halogens is 1. The van der Waals surface area contributed by atoms with Gasteiger partial charge >= 0.3 is 0 Å². The molecule has 8 heteroatoms. The van der Waals surface area contributed by atoms with Gasteiger partial charge in [0.1, 0.15) is 5.65 Å². The molecule has 1 fully saturated rings. The molecule has 4 heterocycles. The molecule has 0 bridgehead atoms. The van der Waals surface area contributed by atoms with Crippen LogP contribution in [0.4, 0.5) is 5.95 Å². The Labute approximate surface area is 196 Å². The van der Waals surface area contributed by atoms with Gasteiger partial charge in [-0.2, -0.15) is 4.98 Å². The molecule has 1 aromatic carbocycles. The van der Waals surface area contributed by atoms with Crippen molar-refractivity contribution in [3.8, 4) is 22.3 Å². The Bertz CT molecular complexity index is 1350. The van der Waals surface area contributed by atoms with Gasteiger partial charge in [-0.15, -0.1) is 0 Å². The molecule has 0 aliphatic carbocycles. The molecule has 0 spiro atoms. The second-order valence-electron chi connectivity index (χ2n) is 8.05.